The van der Waals surface area contributed by atoms with Crippen molar-refractivity contribution in [3.63, 3.8) is 0 Å². The highest BCUT2D eigenvalue weighted by molar-refractivity contribution is 5.94. The van der Waals surface area contributed by atoms with Gasteiger partial charge in [-0.25, -0.2) is 0 Å². The van der Waals surface area contributed by atoms with Crippen molar-refractivity contribution >= 4 is 5.91 Å². The number of hydrogen-bond donors (Lipinski definition) is 1. The van der Waals surface area contributed by atoms with Crippen LogP contribution >= 0.6 is 0 Å². The number of morpholine rings is 1. The Morgan fingerprint density at radius 3 is 2.94 bits per heavy atom. The predicted octanol–water partition coefficient (Wildman–Crippen LogP) is 0.776. The summed E-state index contributed by atoms with van der Waals surface area (Å²) in [6.07, 6.45) is 1.44. The van der Waals surface area contributed by atoms with Gasteiger partial charge in [0.1, 0.15) is 12.0 Å². The average Bonchev–Trinajstić information content (AvgIpc) is 2.74. The van der Waals surface area contributed by atoms with E-state index in [1.54, 1.807) is 11.0 Å². The van der Waals surface area contributed by atoms with Gasteiger partial charge in [-0.1, -0.05) is 0 Å². The topological polar surface area (TPSA) is 68.7 Å². The van der Waals surface area contributed by atoms with Gasteiger partial charge in [0.15, 0.2) is 0 Å². The number of aryl methyl sites for hydroxylation is 1. The lowest BCUT2D eigenvalue weighted by Gasteiger charge is -2.36. The molecule has 0 spiro atoms. The Morgan fingerprint density at radius 2 is 2.35 bits per heavy atom. The highest BCUT2D eigenvalue weighted by atomic mass is 16.5. The Kier molecular flexibility index (Phi) is 3.49. The van der Waals surface area contributed by atoms with E-state index in [-0.39, 0.29) is 18.1 Å². The number of carbonyl (C=O) groups excluding carboxylic acids is 1. The van der Waals surface area contributed by atoms with Gasteiger partial charge < -0.3 is 19.8 Å². The van der Waals surface area contributed by atoms with Gasteiger partial charge in [-0.3, -0.25) is 4.79 Å². The third kappa shape index (κ3) is 2.68. The second-order valence-electron chi connectivity index (χ2n) is 4.46. The summed E-state index contributed by atoms with van der Waals surface area (Å²) in [7, 11) is 0. The van der Waals surface area contributed by atoms with Crippen LogP contribution in [0.2, 0.25) is 0 Å². The van der Waals surface area contributed by atoms with E-state index in [4.69, 9.17) is 14.9 Å². The van der Waals surface area contributed by atoms with Crippen LogP contribution in [0.5, 0.6) is 0 Å². The third-order valence-electron chi connectivity index (χ3n) is 2.85. The fraction of sp³-hybridized carbons (Fsp3) is 0.583. The first-order chi connectivity index (χ1) is 8.10. The first kappa shape index (κ1) is 12.1. The molecule has 1 fully saturated rings. The standard InChI is InChI=1S/C12H18N2O3/c1-8-3-10(7-16-8)12(15)14-5-9(2)17-11(4-13)6-14/h3,7,9,11H,4-6,13H2,1-2H3. The maximum Gasteiger partial charge on any atom is 0.257 e. The normalized spacial score (nSPS) is 25.0. The first-order valence-electron chi connectivity index (χ1n) is 5.80. The number of furan rings is 1. The maximum atomic E-state index is 12.2. The molecule has 2 rings (SSSR count). The molecule has 2 unspecified atom stereocenters. The molecule has 1 aromatic heterocycles. The quantitative estimate of drug-likeness (QED) is 0.826. The van der Waals surface area contributed by atoms with Gasteiger partial charge in [-0.2, -0.15) is 0 Å². The van der Waals surface area contributed by atoms with Crippen LogP contribution < -0.4 is 5.73 Å². The molecular weight excluding hydrogens is 220 g/mol. The van der Waals surface area contributed by atoms with E-state index in [9.17, 15) is 4.79 Å². The van der Waals surface area contributed by atoms with Crippen LogP contribution in [0, 0.1) is 6.92 Å². The largest absolute Gasteiger partial charge is 0.469 e. The first-order valence-corrected chi connectivity index (χ1v) is 5.80. The summed E-state index contributed by atoms with van der Waals surface area (Å²) in [5, 5.41) is 0. The molecule has 94 valence electrons. The molecule has 1 aromatic rings. The summed E-state index contributed by atoms with van der Waals surface area (Å²) in [6.45, 7) is 5.34. The molecule has 1 amide bonds. The molecule has 5 nitrogen and oxygen atoms in total. The summed E-state index contributed by atoms with van der Waals surface area (Å²) in [4.78, 5) is 14.0. The molecule has 0 bridgehead atoms. The number of hydrogen-bond acceptors (Lipinski definition) is 4. The molecule has 17 heavy (non-hydrogen) atoms. The summed E-state index contributed by atoms with van der Waals surface area (Å²) >= 11 is 0. The van der Waals surface area contributed by atoms with E-state index in [0.29, 0.717) is 25.2 Å². The average molecular weight is 238 g/mol. The summed E-state index contributed by atoms with van der Waals surface area (Å²) in [5.41, 5.74) is 6.18. The molecule has 2 atom stereocenters. The Hall–Kier alpha value is -1.33. The fourth-order valence-electron chi connectivity index (χ4n) is 2.08. The van der Waals surface area contributed by atoms with Gasteiger partial charge in [0.2, 0.25) is 0 Å². The van der Waals surface area contributed by atoms with Crippen molar-refractivity contribution in [2.75, 3.05) is 19.6 Å². The molecule has 1 aliphatic heterocycles. The molecule has 5 heteroatoms. The van der Waals surface area contributed by atoms with Crippen molar-refractivity contribution < 1.29 is 13.9 Å². The second-order valence-corrected chi connectivity index (χ2v) is 4.46. The minimum Gasteiger partial charge on any atom is -0.469 e. The van der Waals surface area contributed by atoms with Crippen LogP contribution in [0.4, 0.5) is 0 Å². The monoisotopic (exact) mass is 238 g/mol. The number of rotatable bonds is 2. The van der Waals surface area contributed by atoms with Crippen molar-refractivity contribution in [3.05, 3.63) is 23.7 Å². The number of carbonyl (C=O) groups is 1. The Bertz CT molecular complexity index is 402. The third-order valence-corrected chi connectivity index (χ3v) is 2.85. The zero-order valence-electron chi connectivity index (χ0n) is 10.2. The Labute approximate surface area is 101 Å². The molecule has 0 aromatic carbocycles. The molecular formula is C12H18N2O3. The number of amides is 1. The van der Waals surface area contributed by atoms with E-state index in [2.05, 4.69) is 0 Å². The van der Waals surface area contributed by atoms with E-state index in [1.165, 1.54) is 6.26 Å². The molecule has 2 heterocycles. The van der Waals surface area contributed by atoms with Crippen molar-refractivity contribution in [2.45, 2.75) is 26.1 Å². The number of ether oxygens (including phenoxy) is 1. The highest BCUT2D eigenvalue weighted by Gasteiger charge is 2.28. The minimum atomic E-state index is -0.0734. The van der Waals surface area contributed by atoms with Crippen molar-refractivity contribution in [3.8, 4) is 0 Å². The van der Waals surface area contributed by atoms with E-state index < -0.39 is 0 Å². The fourth-order valence-corrected chi connectivity index (χ4v) is 2.08. The van der Waals surface area contributed by atoms with Crippen LogP contribution in [0.25, 0.3) is 0 Å². The lowest BCUT2D eigenvalue weighted by molar-refractivity contribution is -0.0625. The number of nitrogens with two attached hydrogens (primary N) is 1. The SMILES string of the molecule is Cc1cc(C(=O)N2CC(C)OC(CN)C2)co1. The lowest BCUT2D eigenvalue weighted by atomic mass is 10.2. The zero-order valence-corrected chi connectivity index (χ0v) is 10.2. The second kappa shape index (κ2) is 4.89. The van der Waals surface area contributed by atoms with Crippen molar-refractivity contribution in [2.24, 2.45) is 5.73 Å². The van der Waals surface area contributed by atoms with Gasteiger partial charge in [0.25, 0.3) is 5.91 Å². The smallest absolute Gasteiger partial charge is 0.257 e. The predicted molar refractivity (Wildman–Crippen MR) is 62.7 cm³/mol. The van der Waals surface area contributed by atoms with E-state index in [0.717, 1.165) is 5.76 Å². The Morgan fingerprint density at radius 1 is 1.59 bits per heavy atom. The zero-order chi connectivity index (χ0) is 12.4. The van der Waals surface area contributed by atoms with Crippen LogP contribution in [0.1, 0.15) is 23.0 Å². The van der Waals surface area contributed by atoms with Crippen molar-refractivity contribution in [1.29, 1.82) is 0 Å². The van der Waals surface area contributed by atoms with Gasteiger partial charge >= 0.3 is 0 Å². The molecule has 0 aliphatic carbocycles. The van der Waals surface area contributed by atoms with E-state index in [1.807, 2.05) is 13.8 Å². The van der Waals surface area contributed by atoms with E-state index >= 15 is 0 Å². The van der Waals surface area contributed by atoms with Gasteiger partial charge in [0.05, 0.1) is 17.8 Å². The number of nitrogens with zero attached hydrogens (tertiary/aromatic N) is 1. The van der Waals surface area contributed by atoms with Gasteiger partial charge in [-0.15, -0.1) is 0 Å². The van der Waals surface area contributed by atoms with Gasteiger partial charge in [-0.05, 0) is 19.9 Å². The van der Waals surface area contributed by atoms with Crippen LogP contribution in [-0.2, 0) is 4.74 Å². The molecule has 1 aliphatic rings. The lowest BCUT2D eigenvalue weighted by Crippen LogP contribution is -2.51. The molecule has 0 saturated carbocycles. The van der Waals surface area contributed by atoms with Crippen LogP contribution in [-0.4, -0.2) is 42.6 Å². The summed E-state index contributed by atoms with van der Waals surface area (Å²) in [5.74, 6) is 0.723. The van der Waals surface area contributed by atoms with Gasteiger partial charge in [0, 0.05) is 19.6 Å². The van der Waals surface area contributed by atoms with Crippen molar-refractivity contribution in [1.82, 2.24) is 4.90 Å². The summed E-state index contributed by atoms with van der Waals surface area (Å²) in [6, 6.07) is 1.75. The highest BCUT2D eigenvalue weighted by Crippen LogP contribution is 2.15. The molecule has 2 N–H and O–H groups in total. The summed E-state index contributed by atoms with van der Waals surface area (Å²) < 4.78 is 10.8. The van der Waals surface area contributed by atoms with Crippen LogP contribution in [0.3, 0.4) is 0 Å². The molecule has 1 saturated heterocycles. The Balaban J connectivity index is 2.08. The maximum absolute atomic E-state index is 12.2. The molecule has 0 radical (unpaired) electrons. The van der Waals surface area contributed by atoms with Crippen LogP contribution in [0.15, 0.2) is 16.7 Å². The minimum absolute atomic E-state index is 0.0181.